The Labute approximate surface area is 125 Å². The van der Waals surface area contributed by atoms with Gasteiger partial charge < -0.3 is 5.11 Å². The van der Waals surface area contributed by atoms with Crippen LogP contribution >= 0.6 is 0 Å². The van der Waals surface area contributed by atoms with Gasteiger partial charge in [0.1, 0.15) is 5.75 Å². The summed E-state index contributed by atoms with van der Waals surface area (Å²) < 4.78 is 0. The topological polar surface area (TPSA) is 37.3 Å². The fourth-order valence-corrected chi connectivity index (χ4v) is 3.39. The van der Waals surface area contributed by atoms with E-state index < -0.39 is 0 Å². The minimum absolute atomic E-state index is 0.0176. The lowest BCUT2D eigenvalue weighted by Crippen LogP contribution is -2.27. The first kappa shape index (κ1) is 14.1. The Balaban J connectivity index is 2.36. The van der Waals surface area contributed by atoms with Crippen LogP contribution in [0, 0.1) is 0 Å². The van der Waals surface area contributed by atoms with Gasteiger partial charge in [0.15, 0.2) is 5.78 Å². The summed E-state index contributed by atoms with van der Waals surface area (Å²) in [6, 6.07) is 7.98. The third kappa shape index (κ3) is 2.14. The van der Waals surface area contributed by atoms with Crippen LogP contribution in [0.2, 0.25) is 0 Å². The maximum Gasteiger partial charge on any atom is 0.163 e. The van der Waals surface area contributed by atoms with E-state index in [-0.39, 0.29) is 17.1 Å². The molecule has 0 fully saturated rings. The summed E-state index contributed by atoms with van der Waals surface area (Å²) in [5.74, 6) is 0.756. The number of hydrogen-bond acceptors (Lipinski definition) is 2. The number of phenols is 1. The van der Waals surface area contributed by atoms with Crippen LogP contribution in [0.4, 0.5) is 0 Å². The normalized spacial score (nSPS) is 17.3. The Bertz CT molecular complexity index is 739. The van der Waals surface area contributed by atoms with Gasteiger partial charge in [-0.25, -0.2) is 0 Å². The second-order valence-electron chi connectivity index (χ2n) is 7.08. The maximum absolute atomic E-state index is 12.4. The van der Waals surface area contributed by atoms with E-state index in [9.17, 15) is 9.90 Å². The fraction of sp³-hybridized carbons (Fsp3) is 0.421. The van der Waals surface area contributed by atoms with Crippen molar-refractivity contribution in [1.82, 2.24) is 0 Å². The van der Waals surface area contributed by atoms with Gasteiger partial charge in [-0.1, -0.05) is 39.8 Å². The number of fused-ring (bicyclic) bond motifs is 3. The molecule has 1 aliphatic carbocycles. The van der Waals surface area contributed by atoms with Gasteiger partial charge in [0, 0.05) is 12.0 Å². The minimum Gasteiger partial charge on any atom is -0.508 e. The largest absolute Gasteiger partial charge is 0.508 e. The van der Waals surface area contributed by atoms with Crippen molar-refractivity contribution in [2.45, 2.75) is 51.9 Å². The number of hydrogen-bond donors (Lipinski definition) is 1. The zero-order valence-electron chi connectivity index (χ0n) is 13.2. The highest BCUT2D eigenvalue weighted by Crippen LogP contribution is 2.41. The van der Waals surface area contributed by atoms with Crippen molar-refractivity contribution in [2.75, 3.05) is 0 Å². The molecule has 3 rings (SSSR count). The molecule has 2 aromatic carbocycles. The summed E-state index contributed by atoms with van der Waals surface area (Å²) in [5.41, 5.74) is 2.88. The quantitative estimate of drug-likeness (QED) is 0.805. The van der Waals surface area contributed by atoms with E-state index in [0.717, 1.165) is 33.9 Å². The Morgan fingerprint density at radius 2 is 1.90 bits per heavy atom. The van der Waals surface area contributed by atoms with Crippen molar-refractivity contribution in [2.24, 2.45) is 0 Å². The third-order valence-electron chi connectivity index (χ3n) is 4.77. The molecule has 1 N–H and O–H groups in total. The maximum atomic E-state index is 12.4. The number of benzene rings is 2. The molecule has 0 aromatic heterocycles. The number of aromatic hydroxyl groups is 1. The first-order valence-corrected chi connectivity index (χ1v) is 7.64. The highest BCUT2D eigenvalue weighted by atomic mass is 16.3. The standard InChI is InChI=1S/C19H22O2/c1-11(2)13-9-12-5-6-15-18(14(12)10-17(13)21)16(20)7-8-19(15,3)4/h5-6,9-11,21H,7-8H2,1-4H3. The lowest BCUT2D eigenvalue weighted by atomic mass is 9.71. The van der Waals surface area contributed by atoms with Crippen LogP contribution in [-0.2, 0) is 5.41 Å². The van der Waals surface area contributed by atoms with Crippen molar-refractivity contribution in [3.63, 3.8) is 0 Å². The molecule has 1 aliphatic rings. The first-order valence-electron chi connectivity index (χ1n) is 7.64. The number of phenolic OH excluding ortho intramolecular Hbond substituents is 1. The van der Waals surface area contributed by atoms with Gasteiger partial charge in [0.05, 0.1) is 0 Å². The highest BCUT2D eigenvalue weighted by Gasteiger charge is 2.33. The van der Waals surface area contributed by atoms with Crippen molar-refractivity contribution >= 4 is 16.6 Å². The van der Waals surface area contributed by atoms with E-state index in [1.165, 1.54) is 0 Å². The summed E-state index contributed by atoms with van der Waals surface area (Å²) in [6.45, 7) is 8.50. The predicted molar refractivity (Wildman–Crippen MR) is 86.3 cm³/mol. The van der Waals surface area contributed by atoms with E-state index in [1.54, 1.807) is 6.07 Å². The van der Waals surface area contributed by atoms with Crippen LogP contribution in [0.15, 0.2) is 24.3 Å². The molecule has 0 heterocycles. The van der Waals surface area contributed by atoms with E-state index in [0.29, 0.717) is 12.2 Å². The van der Waals surface area contributed by atoms with Gasteiger partial charge >= 0.3 is 0 Å². The summed E-state index contributed by atoms with van der Waals surface area (Å²) >= 11 is 0. The summed E-state index contributed by atoms with van der Waals surface area (Å²) in [4.78, 5) is 12.4. The van der Waals surface area contributed by atoms with E-state index in [1.807, 2.05) is 6.07 Å². The summed E-state index contributed by atoms with van der Waals surface area (Å²) in [7, 11) is 0. The lowest BCUT2D eigenvalue weighted by molar-refractivity contribution is 0.0959. The molecule has 110 valence electrons. The number of carbonyl (C=O) groups excluding carboxylic acids is 1. The summed E-state index contributed by atoms with van der Waals surface area (Å²) in [6.07, 6.45) is 1.48. The molecule has 21 heavy (non-hydrogen) atoms. The van der Waals surface area contributed by atoms with Gasteiger partial charge in [-0.05, 0) is 51.8 Å². The molecule has 0 radical (unpaired) electrons. The van der Waals surface area contributed by atoms with Crippen molar-refractivity contribution < 1.29 is 9.90 Å². The molecule has 2 aromatic rings. The molecular weight excluding hydrogens is 260 g/mol. The molecule has 0 aliphatic heterocycles. The third-order valence-corrected chi connectivity index (χ3v) is 4.77. The SMILES string of the molecule is CC(C)c1cc2ccc3c(c2cc1O)C(=O)CCC3(C)C. The van der Waals surface area contributed by atoms with Crippen LogP contribution in [0.25, 0.3) is 10.8 Å². The monoisotopic (exact) mass is 282 g/mol. The number of ketones is 1. The van der Waals surface area contributed by atoms with Gasteiger partial charge in [-0.15, -0.1) is 0 Å². The molecule has 2 nitrogen and oxygen atoms in total. The average Bonchev–Trinajstić information content (AvgIpc) is 2.41. The van der Waals surface area contributed by atoms with Gasteiger partial charge in [0.25, 0.3) is 0 Å². The minimum atomic E-state index is 0.0176. The Kier molecular flexibility index (Phi) is 3.09. The Morgan fingerprint density at radius 3 is 2.57 bits per heavy atom. The molecule has 0 bridgehead atoms. The second-order valence-corrected chi connectivity index (χ2v) is 7.08. The van der Waals surface area contributed by atoms with E-state index in [4.69, 9.17) is 0 Å². The zero-order valence-corrected chi connectivity index (χ0v) is 13.2. The van der Waals surface area contributed by atoms with Crippen molar-refractivity contribution in [3.05, 3.63) is 41.0 Å². The molecule has 0 saturated carbocycles. The zero-order chi connectivity index (χ0) is 15.4. The van der Waals surface area contributed by atoms with Gasteiger partial charge in [-0.3, -0.25) is 4.79 Å². The Morgan fingerprint density at radius 1 is 1.19 bits per heavy atom. The Hall–Kier alpha value is -1.83. The van der Waals surface area contributed by atoms with E-state index >= 15 is 0 Å². The molecule has 0 saturated heterocycles. The number of Topliss-reactive ketones (excluding diaryl/α,β-unsaturated/α-hetero) is 1. The highest BCUT2D eigenvalue weighted by molar-refractivity contribution is 6.11. The number of rotatable bonds is 1. The van der Waals surface area contributed by atoms with Crippen LogP contribution in [0.5, 0.6) is 5.75 Å². The predicted octanol–water partition coefficient (Wildman–Crippen LogP) is 4.92. The van der Waals surface area contributed by atoms with E-state index in [2.05, 4.69) is 39.8 Å². The molecule has 2 heteroatoms. The van der Waals surface area contributed by atoms with Crippen molar-refractivity contribution in [1.29, 1.82) is 0 Å². The molecule has 0 unspecified atom stereocenters. The van der Waals surface area contributed by atoms with Crippen molar-refractivity contribution in [3.8, 4) is 5.75 Å². The first-order chi connectivity index (χ1) is 9.81. The fourth-order valence-electron chi connectivity index (χ4n) is 3.39. The smallest absolute Gasteiger partial charge is 0.163 e. The second kappa shape index (κ2) is 4.59. The average molecular weight is 282 g/mol. The molecular formula is C19H22O2. The molecule has 0 spiro atoms. The molecule has 0 amide bonds. The summed E-state index contributed by atoms with van der Waals surface area (Å²) in [5, 5.41) is 12.2. The van der Waals surface area contributed by atoms with Crippen LogP contribution in [0.3, 0.4) is 0 Å². The van der Waals surface area contributed by atoms with Crippen LogP contribution < -0.4 is 0 Å². The van der Waals surface area contributed by atoms with Gasteiger partial charge in [-0.2, -0.15) is 0 Å². The molecule has 0 atom stereocenters. The van der Waals surface area contributed by atoms with Crippen LogP contribution in [-0.4, -0.2) is 10.9 Å². The van der Waals surface area contributed by atoms with Gasteiger partial charge in [0.2, 0.25) is 0 Å². The van der Waals surface area contributed by atoms with Crippen LogP contribution in [0.1, 0.15) is 67.9 Å². The lowest BCUT2D eigenvalue weighted by Gasteiger charge is -2.32. The number of carbonyl (C=O) groups is 1.